The molecule has 2 N–H and O–H groups in total. The first kappa shape index (κ1) is 25.9. The Morgan fingerprint density at radius 3 is 2.58 bits per heavy atom. The Balaban J connectivity index is 1.22. The van der Waals surface area contributed by atoms with Gasteiger partial charge < -0.3 is 10.6 Å². The number of hydrogen-bond donors (Lipinski definition) is 2. The van der Waals surface area contributed by atoms with Crippen LogP contribution in [0.4, 0.5) is 0 Å². The summed E-state index contributed by atoms with van der Waals surface area (Å²) in [6.07, 6.45) is 11.1. The van der Waals surface area contributed by atoms with Gasteiger partial charge in [-0.2, -0.15) is 0 Å². The van der Waals surface area contributed by atoms with Gasteiger partial charge in [-0.1, -0.05) is 51.1 Å². The molecule has 1 aromatic rings. The van der Waals surface area contributed by atoms with Gasteiger partial charge in [0.05, 0.1) is 0 Å². The first-order chi connectivity index (χ1) is 17.3. The van der Waals surface area contributed by atoms with E-state index < -0.39 is 0 Å². The van der Waals surface area contributed by atoms with E-state index in [1.54, 1.807) is 0 Å². The molecule has 198 valence electrons. The highest BCUT2D eigenvalue weighted by atomic mass is 16.1. The zero-order chi connectivity index (χ0) is 25.5. The Morgan fingerprint density at radius 1 is 1.06 bits per heavy atom. The molecule has 0 spiro atoms. The number of amides is 1. The van der Waals surface area contributed by atoms with Gasteiger partial charge in [-0.25, -0.2) is 0 Å². The van der Waals surface area contributed by atoms with Crippen LogP contribution in [0.2, 0.25) is 0 Å². The normalized spacial score (nSPS) is 40.6. The Morgan fingerprint density at radius 2 is 1.83 bits per heavy atom. The average Bonchev–Trinajstić information content (AvgIpc) is 3.25. The van der Waals surface area contributed by atoms with E-state index in [4.69, 9.17) is 0 Å². The average molecular weight is 493 g/mol. The number of nitrogens with one attached hydrogen (secondary N) is 2. The molecule has 4 saturated carbocycles. The molecule has 9 atom stereocenters. The van der Waals surface area contributed by atoms with Crippen LogP contribution in [0.25, 0.3) is 0 Å². The smallest absolute Gasteiger partial charge is 0.220 e. The van der Waals surface area contributed by atoms with Crippen LogP contribution in [0.1, 0.15) is 90.5 Å². The molecule has 0 bridgehead atoms. The van der Waals surface area contributed by atoms with Gasteiger partial charge in [-0.15, -0.1) is 0 Å². The summed E-state index contributed by atoms with van der Waals surface area (Å²) in [4.78, 5) is 26.6. The number of ketones is 1. The zero-order valence-corrected chi connectivity index (χ0v) is 23.0. The molecule has 0 unspecified atom stereocenters. The number of fused-ring (bicyclic) bond motifs is 5. The van der Waals surface area contributed by atoms with Gasteiger partial charge in [0.2, 0.25) is 5.91 Å². The van der Waals surface area contributed by atoms with Crippen molar-refractivity contribution in [3.05, 3.63) is 35.9 Å². The largest absolute Gasteiger partial charge is 0.352 e. The molecule has 1 amide bonds. The van der Waals surface area contributed by atoms with Gasteiger partial charge in [-0.05, 0) is 105 Å². The van der Waals surface area contributed by atoms with Gasteiger partial charge in [-0.3, -0.25) is 9.59 Å². The SMILES string of the molecule is CN[C@H]1CC[C@@]2(C)[C@H](CC[C@@H]3[C@@H]2CC(=O)[C@]2(C)[C@@H]([C@H](C)CCC(=O)NCc4ccccc4)CC[C@@H]32)C1. The maximum atomic E-state index is 14.0. The summed E-state index contributed by atoms with van der Waals surface area (Å²) in [5.74, 6) is 4.11. The predicted octanol–water partition coefficient (Wildman–Crippen LogP) is 6.15. The minimum absolute atomic E-state index is 0.129. The molecule has 0 saturated heterocycles. The number of carbonyl (C=O) groups is 2. The van der Waals surface area contributed by atoms with Crippen molar-refractivity contribution in [2.45, 2.75) is 97.6 Å². The standard InChI is InChI=1S/C32H48N2O2/c1-21(10-15-30(36)34-20-22-8-6-5-7-9-22)26-13-14-27-25-12-11-23-18-24(33-4)16-17-31(23,2)28(25)19-29(35)32(26,27)3/h5-9,21,23-28,33H,10-20H2,1-4H3,(H,34,36)/t21-,23-,24+,25+,26-,27+,28+,31+,32-/m1/s1. The molecule has 0 heterocycles. The van der Waals surface area contributed by atoms with Crippen LogP contribution in [-0.4, -0.2) is 24.8 Å². The minimum Gasteiger partial charge on any atom is -0.352 e. The fourth-order valence-electron chi connectivity index (χ4n) is 9.61. The van der Waals surface area contributed by atoms with Crippen LogP contribution in [0, 0.1) is 46.3 Å². The number of rotatable bonds is 7. The molecule has 0 aromatic heterocycles. The lowest BCUT2D eigenvalue weighted by atomic mass is 9.44. The van der Waals surface area contributed by atoms with E-state index in [2.05, 4.69) is 38.5 Å². The van der Waals surface area contributed by atoms with Crippen LogP contribution >= 0.6 is 0 Å². The number of Topliss-reactive ketones (excluding diaryl/α,β-unsaturated/α-hetero) is 1. The summed E-state index contributed by atoms with van der Waals surface area (Å²) in [6.45, 7) is 7.76. The lowest BCUT2D eigenvalue weighted by Crippen LogP contribution is -2.58. The number of hydrogen-bond acceptors (Lipinski definition) is 3. The minimum atomic E-state index is -0.188. The molecule has 0 aliphatic heterocycles. The van der Waals surface area contributed by atoms with Gasteiger partial charge >= 0.3 is 0 Å². The Kier molecular flexibility index (Phi) is 7.38. The van der Waals surface area contributed by atoms with Crippen LogP contribution in [0.15, 0.2) is 30.3 Å². The van der Waals surface area contributed by atoms with Crippen molar-refractivity contribution in [3.63, 3.8) is 0 Å². The molecule has 4 heteroatoms. The van der Waals surface area contributed by atoms with E-state index in [9.17, 15) is 9.59 Å². The highest BCUT2D eigenvalue weighted by Gasteiger charge is 2.63. The summed E-state index contributed by atoms with van der Waals surface area (Å²) in [6, 6.07) is 10.8. The summed E-state index contributed by atoms with van der Waals surface area (Å²) in [5.41, 5.74) is 1.29. The monoisotopic (exact) mass is 492 g/mol. The predicted molar refractivity (Wildman–Crippen MR) is 145 cm³/mol. The maximum absolute atomic E-state index is 14.0. The molecule has 4 aliphatic rings. The van der Waals surface area contributed by atoms with Crippen molar-refractivity contribution in [1.82, 2.24) is 10.6 Å². The summed E-state index contributed by atoms with van der Waals surface area (Å²) in [5, 5.41) is 6.62. The van der Waals surface area contributed by atoms with Crippen LogP contribution < -0.4 is 10.6 Å². The molecule has 5 rings (SSSR count). The van der Waals surface area contributed by atoms with Crippen LogP contribution in [0.5, 0.6) is 0 Å². The molecule has 4 fully saturated rings. The molecule has 0 radical (unpaired) electrons. The second-order valence-electron chi connectivity index (χ2n) is 13.3. The fraction of sp³-hybridized carbons (Fsp3) is 0.750. The lowest BCUT2D eigenvalue weighted by molar-refractivity contribution is -0.158. The molecule has 4 nitrogen and oxygen atoms in total. The molecule has 1 aromatic carbocycles. The van der Waals surface area contributed by atoms with Gasteiger partial charge in [0.1, 0.15) is 5.78 Å². The van der Waals surface area contributed by atoms with E-state index in [0.717, 1.165) is 30.7 Å². The quantitative estimate of drug-likeness (QED) is 0.480. The van der Waals surface area contributed by atoms with Crippen molar-refractivity contribution in [3.8, 4) is 0 Å². The Bertz CT molecular complexity index is 947. The second-order valence-corrected chi connectivity index (χ2v) is 13.3. The molecule has 36 heavy (non-hydrogen) atoms. The Hall–Kier alpha value is -1.68. The van der Waals surface area contributed by atoms with Gasteiger partial charge in [0.25, 0.3) is 0 Å². The molecular formula is C32H48N2O2. The van der Waals surface area contributed by atoms with E-state index in [-0.39, 0.29) is 11.3 Å². The van der Waals surface area contributed by atoms with E-state index in [0.29, 0.717) is 59.8 Å². The summed E-state index contributed by atoms with van der Waals surface area (Å²) >= 11 is 0. The van der Waals surface area contributed by atoms with E-state index in [1.165, 1.54) is 38.5 Å². The molecular weight excluding hydrogens is 444 g/mol. The molecule has 4 aliphatic carbocycles. The van der Waals surface area contributed by atoms with Crippen molar-refractivity contribution < 1.29 is 9.59 Å². The third kappa shape index (κ3) is 4.46. The second kappa shape index (κ2) is 10.2. The third-order valence-electron chi connectivity index (χ3n) is 11.9. The number of benzene rings is 1. The van der Waals surface area contributed by atoms with E-state index >= 15 is 0 Å². The first-order valence-electron chi connectivity index (χ1n) is 14.8. The highest BCUT2D eigenvalue weighted by Crippen LogP contribution is 2.67. The van der Waals surface area contributed by atoms with Crippen molar-refractivity contribution in [1.29, 1.82) is 0 Å². The van der Waals surface area contributed by atoms with E-state index in [1.807, 2.05) is 30.3 Å². The van der Waals surface area contributed by atoms with Crippen molar-refractivity contribution >= 4 is 11.7 Å². The van der Waals surface area contributed by atoms with Gasteiger partial charge in [0.15, 0.2) is 0 Å². The van der Waals surface area contributed by atoms with Crippen molar-refractivity contribution in [2.24, 2.45) is 46.3 Å². The van der Waals surface area contributed by atoms with Crippen LogP contribution in [-0.2, 0) is 16.1 Å². The third-order valence-corrected chi connectivity index (χ3v) is 11.9. The summed E-state index contributed by atoms with van der Waals surface area (Å²) in [7, 11) is 2.11. The lowest BCUT2D eigenvalue weighted by Gasteiger charge is -2.60. The van der Waals surface area contributed by atoms with Gasteiger partial charge in [0, 0.05) is 30.8 Å². The maximum Gasteiger partial charge on any atom is 0.220 e. The topological polar surface area (TPSA) is 58.2 Å². The zero-order valence-electron chi connectivity index (χ0n) is 23.0. The number of carbonyl (C=O) groups excluding carboxylic acids is 2. The fourth-order valence-corrected chi connectivity index (χ4v) is 9.61. The van der Waals surface area contributed by atoms with Crippen molar-refractivity contribution in [2.75, 3.05) is 7.05 Å². The Labute approximate surface area is 218 Å². The van der Waals surface area contributed by atoms with Crippen LogP contribution in [0.3, 0.4) is 0 Å². The summed E-state index contributed by atoms with van der Waals surface area (Å²) < 4.78 is 0. The first-order valence-corrected chi connectivity index (χ1v) is 14.8. The highest BCUT2D eigenvalue weighted by molar-refractivity contribution is 5.87.